The van der Waals surface area contributed by atoms with E-state index >= 15 is 0 Å². The van der Waals surface area contributed by atoms with E-state index in [1.165, 1.54) is 11.1 Å². The van der Waals surface area contributed by atoms with E-state index in [0.717, 1.165) is 17.2 Å². The molecular weight excluding hydrogens is 436 g/mol. The van der Waals surface area contributed by atoms with Gasteiger partial charge in [-0.1, -0.05) is 68.2 Å². The lowest BCUT2D eigenvalue weighted by Crippen LogP contribution is -2.31. The second kappa shape index (κ2) is 9.24. The number of nitrogens with zero attached hydrogens (tertiary/aromatic N) is 5. The van der Waals surface area contributed by atoms with Crippen LogP contribution in [0.25, 0.3) is 5.57 Å². The average molecular weight is 465 g/mol. The SMILES string of the molecule is C[Si](C)(C)CCOCn1nc(C(=O)O)c(C2(c3ncn[nH]3)C=CC(c3ccccc3)=CC2)n1. The van der Waals surface area contributed by atoms with Crippen LogP contribution in [0.1, 0.15) is 34.0 Å². The highest BCUT2D eigenvalue weighted by molar-refractivity contribution is 6.76. The smallest absolute Gasteiger partial charge is 0.358 e. The molecule has 4 rings (SSSR count). The third kappa shape index (κ3) is 5.01. The van der Waals surface area contributed by atoms with E-state index in [1.807, 2.05) is 42.5 Å². The highest BCUT2D eigenvalue weighted by Gasteiger charge is 2.42. The van der Waals surface area contributed by atoms with Crippen molar-refractivity contribution in [1.82, 2.24) is 30.2 Å². The standard InChI is InChI=1S/C23H28N6O3Si/c1-33(2,3)14-13-32-16-29-27-19(21(30)31)20(28-29)23(22-24-15-25-26-22)11-9-18(10-12-23)17-7-5-4-6-8-17/h4-11,15H,12-14,16H2,1-3H3,(H,30,31)(H,24,25,26). The number of aromatic amines is 1. The Kier molecular flexibility index (Phi) is 6.39. The fraction of sp³-hybridized carbons (Fsp3) is 0.348. The number of rotatable bonds is 9. The van der Waals surface area contributed by atoms with E-state index in [4.69, 9.17) is 4.74 Å². The summed E-state index contributed by atoms with van der Waals surface area (Å²) in [5, 5.41) is 25.6. The van der Waals surface area contributed by atoms with Gasteiger partial charge in [-0.2, -0.15) is 15.0 Å². The summed E-state index contributed by atoms with van der Waals surface area (Å²) in [7, 11) is -1.23. The minimum atomic E-state index is -1.23. The fourth-order valence-corrected chi connectivity index (χ4v) is 4.50. The second-order valence-corrected chi connectivity index (χ2v) is 14.9. The molecule has 0 bridgehead atoms. The van der Waals surface area contributed by atoms with Gasteiger partial charge in [0, 0.05) is 14.7 Å². The van der Waals surface area contributed by atoms with Crippen LogP contribution >= 0.6 is 0 Å². The Hall–Kier alpha value is -3.37. The molecule has 0 amide bonds. The first-order valence-corrected chi connectivity index (χ1v) is 14.6. The van der Waals surface area contributed by atoms with Crippen molar-refractivity contribution in [3.63, 3.8) is 0 Å². The summed E-state index contributed by atoms with van der Waals surface area (Å²) in [5.74, 6) is -0.639. The number of aromatic nitrogens is 6. The maximum absolute atomic E-state index is 12.1. The molecule has 1 aliphatic rings. The molecule has 10 heteroatoms. The summed E-state index contributed by atoms with van der Waals surface area (Å²) >= 11 is 0. The monoisotopic (exact) mass is 464 g/mol. The Balaban J connectivity index is 1.66. The van der Waals surface area contributed by atoms with Crippen LogP contribution in [0.5, 0.6) is 0 Å². The van der Waals surface area contributed by atoms with Crippen molar-refractivity contribution in [2.75, 3.05) is 6.61 Å². The topological polar surface area (TPSA) is 119 Å². The molecule has 2 aromatic heterocycles. The van der Waals surface area contributed by atoms with Crippen molar-refractivity contribution >= 4 is 19.6 Å². The largest absolute Gasteiger partial charge is 0.476 e. The Bertz CT molecular complexity index is 1160. The zero-order valence-electron chi connectivity index (χ0n) is 19.0. The van der Waals surface area contributed by atoms with Gasteiger partial charge in [0.15, 0.2) is 12.4 Å². The molecule has 0 spiro atoms. The molecule has 9 nitrogen and oxygen atoms in total. The van der Waals surface area contributed by atoms with Gasteiger partial charge in [0.2, 0.25) is 0 Å². The summed E-state index contributed by atoms with van der Waals surface area (Å²) in [6.07, 6.45) is 7.83. The third-order valence-corrected chi connectivity index (χ3v) is 7.32. The van der Waals surface area contributed by atoms with Crippen molar-refractivity contribution in [3.05, 3.63) is 77.7 Å². The van der Waals surface area contributed by atoms with Gasteiger partial charge in [-0.05, 0) is 23.6 Å². The van der Waals surface area contributed by atoms with Crippen molar-refractivity contribution in [1.29, 1.82) is 0 Å². The average Bonchev–Trinajstić information content (AvgIpc) is 3.48. The molecule has 0 fully saturated rings. The summed E-state index contributed by atoms with van der Waals surface area (Å²) in [6.45, 7) is 7.50. The lowest BCUT2D eigenvalue weighted by molar-refractivity contribution is 0.0643. The molecule has 1 atom stereocenters. The number of H-pyrrole nitrogens is 1. The molecule has 2 N–H and O–H groups in total. The second-order valence-electron chi connectivity index (χ2n) is 9.29. The number of hydrogen-bond acceptors (Lipinski definition) is 6. The van der Waals surface area contributed by atoms with E-state index in [9.17, 15) is 9.90 Å². The summed E-state index contributed by atoms with van der Waals surface area (Å²) in [6, 6.07) is 11.0. The maximum atomic E-state index is 12.1. The van der Waals surface area contributed by atoms with Gasteiger partial charge >= 0.3 is 5.97 Å². The molecule has 0 saturated carbocycles. The number of benzene rings is 1. The molecule has 33 heavy (non-hydrogen) atoms. The van der Waals surface area contributed by atoms with E-state index in [2.05, 4.69) is 51.1 Å². The van der Waals surface area contributed by atoms with Crippen LogP contribution in [0.4, 0.5) is 0 Å². The lowest BCUT2D eigenvalue weighted by Gasteiger charge is -2.28. The zero-order valence-corrected chi connectivity index (χ0v) is 20.0. The van der Waals surface area contributed by atoms with E-state index in [-0.39, 0.29) is 12.4 Å². The molecule has 2 heterocycles. The number of carbonyl (C=O) groups is 1. The van der Waals surface area contributed by atoms with Gasteiger partial charge in [-0.3, -0.25) is 5.10 Å². The molecule has 1 aromatic carbocycles. The zero-order chi connectivity index (χ0) is 23.5. The van der Waals surface area contributed by atoms with Gasteiger partial charge in [0.25, 0.3) is 0 Å². The first-order chi connectivity index (χ1) is 15.8. The van der Waals surface area contributed by atoms with Crippen LogP contribution in [0, 0.1) is 0 Å². The van der Waals surface area contributed by atoms with Gasteiger partial charge in [-0.25, -0.2) is 9.78 Å². The molecule has 0 aliphatic heterocycles. The van der Waals surface area contributed by atoms with Crippen molar-refractivity contribution in [2.45, 2.75) is 44.3 Å². The van der Waals surface area contributed by atoms with Crippen molar-refractivity contribution in [2.24, 2.45) is 0 Å². The van der Waals surface area contributed by atoms with Crippen LogP contribution in [0.2, 0.25) is 25.7 Å². The molecule has 3 aromatic rings. The Morgan fingerprint density at radius 3 is 2.64 bits per heavy atom. The molecule has 1 unspecified atom stereocenters. The Labute approximate surface area is 193 Å². The predicted octanol–water partition coefficient (Wildman–Crippen LogP) is 3.74. The summed E-state index contributed by atoms with van der Waals surface area (Å²) < 4.78 is 5.74. The maximum Gasteiger partial charge on any atom is 0.358 e. The number of carboxylic acids is 1. The van der Waals surface area contributed by atoms with Crippen molar-refractivity contribution < 1.29 is 14.6 Å². The normalized spacial score (nSPS) is 18.3. The number of ether oxygens (including phenoxy) is 1. The van der Waals surface area contributed by atoms with E-state index < -0.39 is 19.5 Å². The fourth-order valence-electron chi connectivity index (χ4n) is 3.74. The molecule has 172 valence electrons. The van der Waals surface area contributed by atoms with Crippen LogP contribution in [-0.2, 0) is 16.9 Å². The van der Waals surface area contributed by atoms with Crippen LogP contribution in [-0.4, -0.2) is 55.9 Å². The number of hydrogen-bond donors (Lipinski definition) is 2. The highest BCUT2D eigenvalue weighted by atomic mass is 28.3. The van der Waals surface area contributed by atoms with E-state index in [1.54, 1.807) is 0 Å². The van der Waals surface area contributed by atoms with Gasteiger partial charge < -0.3 is 9.84 Å². The molecule has 0 saturated heterocycles. The minimum Gasteiger partial charge on any atom is -0.476 e. The number of allylic oxidation sites excluding steroid dienone is 4. The first-order valence-electron chi connectivity index (χ1n) is 10.9. The predicted molar refractivity (Wildman–Crippen MR) is 126 cm³/mol. The van der Waals surface area contributed by atoms with Crippen LogP contribution in [0.15, 0.2) is 54.9 Å². The van der Waals surface area contributed by atoms with E-state index in [0.29, 0.717) is 24.5 Å². The van der Waals surface area contributed by atoms with Crippen LogP contribution < -0.4 is 0 Å². The Morgan fingerprint density at radius 1 is 1.24 bits per heavy atom. The molecular formula is C23H28N6O3Si. The van der Waals surface area contributed by atoms with Crippen LogP contribution in [0.3, 0.4) is 0 Å². The lowest BCUT2D eigenvalue weighted by atomic mass is 9.75. The third-order valence-electron chi connectivity index (χ3n) is 5.62. The highest BCUT2D eigenvalue weighted by Crippen LogP contribution is 2.40. The Morgan fingerprint density at radius 2 is 2.03 bits per heavy atom. The first kappa shape index (κ1) is 22.8. The van der Waals surface area contributed by atoms with Gasteiger partial charge in [-0.15, -0.1) is 5.10 Å². The summed E-state index contributed by atoms with van der Waals surface area (Å²) in [4.78, 5) is 17.8. The number of aromatic carboxylic acids is 1. The summed E-state index contributed by atoms with van der Waals surface area (Å²) in [5.41, 5.74) is 1.38. The minimum absolute atomic E-state index is 0.0893. The number of nitrogens with one attached hydrogen (secondary N) is 1. The van der Waals surface area contributed by atoms with Crippen molar-refractivity contribution in [3.8, 4) is 0 Å². The number of carboxylic acid groups (broad SMARTS) is 1. The van der Waals surface area contributed by atoms with Gasteiger partial charge in [0.05, 0.1) is 5.41 Å². The van der Waals surface area contributed by atoms with Gasteiger partial charge in [0.1, 0.15) is 17.8 Å². The quantitative estimate of drug-likeness (QED) is 0.366. The molecule has 1 aliphatic carbocycles. The molecule has 0 radical (unpaired) electrons.